The molecule has 1 N–H and O–H groups in total. The lowest BCUT2D eigenvalue weighted by atomic mass is 10.2. The van der Waals surface area contributed by atoms with Crippen LogP contribution in [0.3, 0.4) is 0 Å². The second-order valence-electron chi connectivity index (χ2n) is 4.24. The molecule has 2 aromatic rings. The highest BCUT2D eigenvalue weighted by atomic mass is 79.9. The predicted octanol–water partition coefficient (Wildman–Crippen LogP) is 2.85. The maximum absolute atomic E-state index is 11.6. The molecule has 0 spiro atoms. The van der Waals surface area contributed by atoms with E-state index < -0.39 is 5.91 Å². The summed E-state index contributed by atoms with van der Waals surface area (Å²) in [6.45, 7) is -0.212. The van der Waals surface area contributed by atoms with E-state index in [1.165, 1.54) is 6.21 Å². The number of carbonyl (C=O) groups excluding carboxylic acids is 1. The largest absolute Gasteiger partial charge is 0.482 e. The van der Waals surface area contributed by atoms with Gasteiger partial charge in [0.1, 0.15) is 11.8 Å². The van der Waals surface area contributed by atoms with E-state index in [0.717, 1.165) is 10.0 Å². The van der Waals surface area contributed by atoms with E-state index in [0.29, 0.717) is 11.3 Å². The third kappa shape index (κ3) is 4.72. The summed E-state index contributed by atoms with van der Waals surface area (Å²) in [7, 11) is 0. The summed E-state index contributed by atoms with van der Waals surface area (Å²) >= 11 is 3.34. The average Bonchev–Trinajstić information content (AvgIpc) is 2.55. The third-order valence-electron chi connectivity index (χ3n) is 2.64. The Morgan fingerprint density at radius 2 is 2.00 bits per heavy atom. The quantitative estimate of drug-likeness (QED) is 0.660. The van der Waals surface area contributed by atoms with Gasteiger partial charge in [-0.1, -0.05) is 40.2 Å². The van der Waals surface area contributed by atoms with Crippen molar-refractivity contribution in [3.63, 3.8) is 0 Å². The van der Waals surface area contributed by atoms with E-state index in [-0.39, 0.29) is 6.61 Å². The SMILES string of the molecule is N#Cc1ccccc1OCC(=O)N/N=C/c1ccc(Br)cc1. The smallest absolute Gasteiger partial charge is 0.277 e. The van der Waals surface area contributed by atoms with E-state index in [4.69, 9.17) is 10.00 Å². The van der Waals surface area contributed by atoms with Crippen molar-refractivity contribution in [3.05, 3.63) is 64.1 Å². The topological polar surface area (TPSA) is 74.5 Å². The molecule has 110 valence electrons. The minimum absolute atomic E-state index is 0.212. The first kappa shape index (κ1) is 15.7. The second-order valence-corrected chi connectivity index (χ2v) is 5.16. The molecule has 1 amide bonds. The second kappa shape index (κ2) is 7.96. The number of rotatable bonds is 5. The van der Waals surface area contributed by atoms with E-state index >= 15 is 0 Å². The van der Waals surface area contributed by atoms with Crippen molar-refractivity contribution < 1.29 is 9.53 Å². The van der Waals surface area contributed by atoms with E-state index in [9.17, 15) is 4.79 Å². The van der Waals surface area contributed by atoms with Gasteiger partial charge in [-0.05, 0) is 29.8 Å². The van der Waals surface area contributed by atoms with Gasteiger partial charge in [-0.3, -0.25) is 4.79 Å². The van der Waals surface area contributed by atoms with Gasteiger partial charge in [0.05, 0.1) is 11.8 Å². The lowest BCUT2D eigenvalue weighted by Crippen LogP contribution is -2.24. The van der Waals surface area contributed by atoms with Gasteiger partial charge in [-0.25, -0.2) is 5.43 Å². The van der Waals surface area contributed by atoms with Gasteiger partial charge in [0.2, 0.25) is 0 Å². The molecule has 0 radical (unpaired) electrons. The van der Waals surface area contributed by atoms with Crippen LogP contribution in [-0.2, 0) is 4.79 Å². The van der Waals surface area contributed by atoms with Crippen LogP contribution in [0.1, 0.15) is 11.1 Å². The van der Waals surface area contributed by atoms with Gasteiger partial charge in [0, 0.05) is 4.47 Å². The van der Waals surface area contributed by atoms with Crippen molar-refractivity contribution in [1.82, 2.24) is 5.43 Å². The first-order valence-corrected chi connectivity index (χ1v) is 7.18. The summed E-state index contributed by atoms with van der Waals surface area (Å²) in [6.07, 6.45) is 1.54. The van der Waals surface area contributed by atoms with Gasteiger partial charge < -0.3 is 4.74 Å². The van der Waals surface area contributed by atoms with Crippen LogP contribution < -0.4 is 10.2 Å². The number of hydrogen-bond acceptors (Lipinski definition) is 4. The van der Waals surface area contributed by atoms with Crippen LogP contribution in [0.4, 0.5) is 0 Å². The number of hydrogen-bond donors (Lipinski definition) is 1. The van der Waals surface area contributed by atoms with Crippen LogP contribution in [0.25, 0.3) is 0 Å². The summed E-state index contributed by atoms with van der Waals surface area (Å²) in [6, 6.07) is 16.2. The molecule has 0 aliphatic rings. The monoisotopic (exact) mass is 357 g/mol. The number of para-hydroxylation sites is 1. The minimum atomic E-state index is -0.402. The predicted molar refractivity (Wildman–Crippen MR) is 86.5 cm³/mol. The molecule has 0 atom stereocenters. The highest BCUT2D eigenvalue weighted by Gasteiger charge is 2.05. The van der Waals surface area contributed by atoms with Crippen molar-refractivity contribution in [1.29, 1.82) is 5.26 Å². The first-order chi connectivity index (χ1) is 10.7. The molecule has 5 nitrogen and oxygen atoms in total. The van der Waals surface area contributed by atoms with Crippen LogP contribution in [0, 0.1) is 11.3 Å². The Hall–Kier alpha value is -2.65. The normalized spacial score (nSPS) is 10.2. The highest BCUT2D eigenvalue weighted by Crippen LogP contribution is 2.16. The molecule has 22 heavy (non-hydrogen) atoms. The molecule has 0 aliphatic heterocycles. The zero-order valence-corrected chi connectivity index (χ0v) is 13.1. The molecule has 0 saturated heterocycles. The number of hydrazone groups is 1. The molecule has 0 heterocycles. The molecule has 0 bridgehead atoms. The Kier molecular flexibility index (Phi) is 5.69. The Morgan fingerprint density at radius 1 is 1.27 bits per heavy atom. The molecule has 0 fully saturated rings. The number of halogens is 1. The maximum atomic E-state index is 11.6. The van der Waals surface area contributed by atoms with Gasteiger partial charge >= 0.3 is 0 Å². The number of carbonyl (C=O) groups is 1. The molecule has 0 aromatic heterocycles. The van der Waals surface area contributed by atoms with E-state index in [2.05, 4.69) is 26.5 Å². The van der Waals surface area contributed by atoms with Gasteiger partial charge in [0.25, 0.3) is 5.91 Å². The Balaban J connectivity index is 1.83. The molecule has 0 saturated carbocycles. The molecule has 0 unspecified atom stereocenters. The number of ether oxygens (including phenoxy) is 1. The summed E-state index contributed by atoms with van der Waals surface area (Å²) in [5.74, 6) is -0.0295. The fourth-order valence-electron chi connectivity index (χ4n) is 1.59. The number of nitrogens with zero attached hydrogens (tertiary/aromatic N) is 2. The number of amides is 1. The number of benzene rings is 2. The zero-order chi connectivity index (χ0) is 15.8. The Bertz CT molecular complexity index is 721. The van der Waals surface area contributed by atoms with Gasteiger partial charge in [0.15, 0.2) is 6.61 Å². The highest BCUT2D eigenvalue weighted by molar-refractivity contribution is 9.10. The summed E-state index contributed by atoms with van der Waals surface area (Å²) in [5.41, 5.74) is 3.61. The lowest BCUT2D eigenvalue weighted by molar-refractivity contribution is -0.123. The molecular formula is C16H12BrN3O2. The van der Waals surface area contributed by atoms with Crippen LogP contribution >= 0.6 is 15.9 Å². The standard InChI is InChI=1S/C16H12BrN3O2/c17-14-7-5-12(6-8-14)10-19-20-16(21)11-22-15-4-2-1-3-13(15)9-18/h1-8,10H,11H2,(H,20,21)/b19-10+. The number of nitrogens with one attached hydrogen (secondary N) is 1. The van der Waals surface area contributed by atoms with E-state index in [1.54, 1.807) is 24.3 Å². The van der Waals surface area contributed by atoms with Gasteiger partial charge in [-0.15, -0.1) is 0 Å². The summed E-state index contributed by atoms with van der Waals surface area (Å²) in [4.78, 5) is 11.6. The zero-order valence-electron chi connectivity index (χ0n) is 11.5. The lowest BCUT2D eigenvalue weighted by Gasteiger charge is -2.06. The van der Waals surface area contributed by atoms with Crippen molar-refractivity contribution in [2.75, 3.05) is 6.61 Å². The molecule has 0 aliphatic carbocycles. The van der Waals surface area contributed by atoms with Crippen LogP contribution in [0.15, 0.2) is 58.1 Å². The van der Waals surface area contributed by atoms with Crippen LogP contribution in [0.5, 0.6) is 5.75 Å². The number of nitriles is 1. The van der Waals surface area contributed by atoms with Crippen LogP contribution in [-0.4, -0.2) is 18.7 Å². The molecular weight excluding hydrogens is 346 g/mol. The maximum Gasteiger partial charge on any atom is 0.277 e. The Labute approximate surface area is 136 Å². The fraction of sp³-hybridized carbons (Fsp3) is 0.0625. The van der Waals surface area contributed by atoms with Crippen molar-refractivity contribution in [2.24, 2.45) is 5.10 Å². The first-order valence-electron chi connectivity index (χ1n) is 6.38. The van der Waals surface area contributed by atoms with Crippen molar-refractivity contribution >= 4 is 28.1 Å². The average molecular weight is 358 g/mol. The van der Waals surface area contributed by atoms with Crippen LogP contribution in [0.2, 0.25) is 0 Å². The summed E-state index contributed by atoms with van der Waals surface area (Å²) in [5, 5.41) is 12.8. The summed E-state index contributed by atoms with van der Waals surface area (Å²) < 4.78 is 6.26. The Morgan fingerprint density at radius 3 is 2.73 bits per heavy atom. The molecule has 2 aromatic carbocycles. The minimum Gasteiger partial charge on any atom is -0.482 e. The molecule has 2 rings (SSSR count). The van der Waals surface area contributed by atoms with Crippen molar-refractivity contribution in [3.8, 4) is 11.8 Å². The molecule has 6 heteroatoms. The van der Waals surface area contributed by atoms with Gasteiger partial charge in [-0.2, -0.15) is 10.4 Å². The third-order valence-corrected chi connectivity index (χ3v) is 3.17. The van der Waals surface area contributed by atoms with Crippen molar-refractivity contribution in [2.45, 2.75) is 0 Å². The van der Waals surface area contributed by atoms with E-state index in [1.807, 2.05) is 30.3 Å². The fourth-order valence-corrected chi connectivity index (χ4v) is 1.85.